The summed E-state index contributed by atoms with van der Waals surface area (Å²) in [6, 6.07) is 21.1. The van der Waals surface area contributed by atoms with Gasteiger partial charge >= 0.3 is 5.63 Å². The zero-order valence-electron chi connectivity index (χ0n) is 12.7. The Balaban J connectivity index is 1.75. The molecule has 0 spiro atoms. The van der Waals surface area contributed by atoms with Crippen molar-refractivity contribution in [2.75, 3.05) is 7.11 Å². The lowest BCUT2D eigenvalue weighted by Crippen LogP contribution is -2.02. The van der Waals surface area contributed by atoms with Crippen LogP contribution in [-0.4, -0.2) is 7.11 Å². The van der Waals surface area contributed by atoms with Crippen LogP contribution < -0.4 is 10.4 Å². The van der Waals surface area contributed by atoms with E-state index in [4.69, 9.17) is 9.15 Å². The Morgan fingerprint density at radius 1 is 1.00 bits per heavy atom. The average molecular weight is 324 g/mol. The molecule has 23 heavy (non-hydrogen) atoms. The molecule has 0 fully saturated rings. The molecule has 0 amide bonds. The summed E-state index contributed by atoms with van der Waals surface area (Å²) >= 11 is 1.46. The van der Waals surface area contributed by atoms with Crippen molar-refractivity contribution < 1.29 is 9.15 Å². The van der Waals surface area contributed by atoms with Crippen LogP contribution in [0.25, 0.3) is 11.3 Å². The fraction of sp³-hybridized carbons (Fsp3) is 0.105. The first kappa shape index (κ1) is 15.4. The van der Waals surface area contributed by atoms with E-state index in [9.17, 15) is 4.79 Å². The Kier molecular flexibility index (Phi) is 4.83. The second-order valence-corrected chi connectivity index (χ2v) is 5.97. The predicted octanol–water partition coefficient (Wildman–Crippen LogP) is 4.61. The fourth-order valence-electron chi connectivity index (χ4n) is 2.19. The highest BCUT2D eigenvalue weighted by molar-refractivity contribution is 7.98. The van der Waals surface area contributed by atoms with Crippen LogP contribution in [0.5, 0.6) is 5.75 Å². The number of benzene rings is 2. The monoisotopic (exact) mass is 324 g/mol. The fourth-order valence-corrected chi connectivity index (χ4v) is 3.02. The molecular weight excluding hydrogens is 308 g/mol. The quantitative estimate of drug-likeness (QED) is 0.643. The summed E-state index contributed by atoms with van der Waals surface area (Å²) in [5, 5.41) is 0. The van der Waals surface area contributed by atoms with Gasteiger partial charge in [-0.3, -0.25) is 0 Å². The minimum absolute atomic E-state index is 0.306. The molecule has 4 heteroatoms. The molecule has 0 unspecified atom stereocenters. The molecule has 3 rings (SSSR count). The Morgan fingerprint density at radius 3 is 2.57 bits per heavy atom. The zero-order valence-corrected chi connectivity index (χ0v) is 13.5. The van der Waals surface area contributed by atoms with Crippen LogP contribution in [0.4, 0.5) is 0 Å². The average Bonchev–Trinajstić information content (AvgIpc) is 2.61. The van der Waals surface area contributed by atoms with E-state index >= 15 is 0 Å². The van der Waals surface area contributed by atoms with Crippen LogP contribution in [0.2, 0.25) is 0 Å². The third-order valence-electron chi connectivity index (χ3n) is 3.38. The first-order chi connectivity index (χ1) is 11.3. The van der Waals surface area contributed by atoms with E-state index in [1.165, 1.54) is 11.8 Å². The smallest absolute Gasteiger partial charge is 0.350 e. The number of ether oxygens (including phenoxy) is 1. The Hall–Kier alpha value is -2.46. The lowest BCUT2D eigenvalue weighted by Gasteiger charge is -2.05. The lowest BCUT2D eigenvalue weighted by molar-refractivity contribution is 0.414. The largest absolute Gasteiger partial charge is 0.497 e. The maximum Gasteiger partial charge on any atom is 0.350 e. The molecule has 3 nitrogen and oxygen atoms in total. The summed E-state index contributed by atoms with van der Waals surface area (Å²) in [4.78, 5) is 12.7. The van der Waals surface area contributed by atoms with Gasteiger partial charge in [-0.15, -0.1) is 11.8 Å². The van der Waals surface area contributed by atoms with E-state index in [2.05, 4.69) is 0 Å². The third-order valence-corrected chi connectivity index (χ3v) is 4.47. The standard InChI is InChI=1S/C19H16O3S/c1-21-16-9-5-6-14(12-16)13-23-18-11-10-17(22-19(18)20)15-7-3-2-4-8-15/h2-12H,13H2,1H3. The molecule has 0 atom stereocenters. The Labute approximate surface area is 138 Å². The third kappa shape index (κ3) is 3.85. The zero-order chi connectivity index (χ0) is 16.1. The summed E-state index contributed by atoms with van der Waals surface area (Å²) < 4.78 is 10.6. The lowest BCUT2D eigenvalue weighted by atomic mass is 10.2. The molecule has 0 aliphatic rings. The van der Waals surface area contributed by atoms with Crippen LogP contribution in [0.15, 0.2) is 80.8 Å². The van der Waals surface area contributed by atoms with Gasteiger partial charge in [0.15, 0.2) is 0 Å². The van der Waals surface area contributed by atoms with Crippen LogP contribution in [0.3, 0.4) is 0 Å². The van der Waals surface area contributed by atoms with Gasteiger partial charge in [0, 0.05) is 11.3 Å². The van der Waals surface area contributed by atoms with Crippen molar-refractivity contribution >= 4 is 11.8 Å². The first-order valence-electron chi connectivity index (χ1n) is 7.21. The highest BCUT2D eigenvalue weighted by atomic mass is 32.2. The molecule has 0 bridgehead atoms. The molecule has 1 heterocycles. The molecule has 1 aromatic heterocycles. The maximum atomic E-state index is 12.1. The SMILES string of the molecule is COc1cccc(CSc2ccc(-c3ccccc3)oc2=O)c1. The molecule has 0 aliphatic heterocycles. The second kappa shape index (κ2) is 7.20. The van der Waals surface area contributed by atoms with Crippen molar-refractivity contribution in [3.05, 3.63) is 82.7 Å². The second-order valence-electron chi connectivity index (χ2n) is 4.96. The molecule has 0 aliphatic carbocycles. The Morgan fingerprint density at radius 2 is 1.83 bits per heavy atom. The van der Waals surface area contributed by atoms with Crippen LogP contribution >= 0.6 is 11.8 Å². The minimum Gasteiger partial charge on any atom is -0.497 e. The minimum atomic E-state index is -0.306. The van der Waals surface area contributed by atoms with E-state index in [1.807, 2.05) is 66.7 Å². The van der Waals surface area contributed by atoms with Gasteiger partial charge < -0.3 is 9.15 Å². The molecule has 0 saturated carbocycles. The number of thioether (sulfide) groups is 1. The summed E-state index contributed by atoms with van der Waals surface area (Å²) in [5.74, 6) is 2.09. The number of hydrogen-bond donors (Lipinski definition) is 0. The molecule has 116 valence electrons. The number of methoxy groups -OCH3 is 1. The molecule has 2 aromatic carbocycles. The van der Waals surface area contributed by atoms with Gasteiger partial charge in [0.1, 0.15) is 11.5 Å². The van der Waals surface area contributed by atoms with Crippen LogP contribution in [0, 0.1) is 0 Å². The van der Waals surface area contributed by atoms with Gasteiger partial charge in [-0.05, 0) is 29.8 Å². The van der Waals surface area contributed by atoms with Crippen LogP contribution in [0.1, 0.15) is 5.56 Å². The molecular formula is C19H16O3S. The van der Waals surface area contributed by atoms with Crippen molar-refractivity contribution in [3.8, 4) is 17.1 Å². The van der Waals surface area contributed by atoms with E-state index in [0.29, 0.717) is 16.4 Å². The normalized spacial score (nSPS) is 10.5. The topological polar surface area (TPSA) is 39.4 Å². The first-order valence-corrected chi connectivity index (χ1v) is 8.20. The molecule has 0 saturated heterocycles. The van der Waals surface area contributed by atoms with Gasteiger partial charge in [-0.1, -0.05) is 42.5 Å². The summed E-state index contributed by atoms with van der Waals surface area (Å²) in [5.41, 5.74) is 1.69. The van der Waals surface area contributed by atoms with Gasteiger partial charge in [-0.25, -0.2) is 4.79 Å². The van der Waals surface area contributed by atoms with Gasteiger partial charge in [0.25, 0.3) is 0 Å². The van der Waals surface area contributed by atoms with Crippen molar-refractivity contribution in [2.24, 2.45) is 0 Å². The van der Waals surface area contributed by atoms with E-state index in [-0.39, 0.29) is 5.63 Å². The highest BCUT2D eigenvalue weighted by Gasteiger charge is 2.07. The summed E-state index contributed by atoms with van der Waals surface area (Å²) in [7, 11) is 1.64. The van der Waals surface area contributed by atoms with Crippen LogP contribution in [-0.2, 0) is 5.75 Å². The number of rotatable bonds is 5. The van der Waals surface area contributed by atoms with Gasteiger partial charge in [0.05, 0.1) is 12.0 Å². The predicted molar refractivity (Wildman–Crippen MR) is 93.0 cm³/mol. The summed E-state index contributed by atoms with van der Waals surface area (Å²) in [6.07, 6.45) is 0. The maximum absolute atomic E-state index is 12.1. The van der Waals surface area contributed by atoms with Gasteiger partial charge in [0.2, 0.25) is 0 Å². The number of hydrogen-bond acceptors (Lipinski definition) is 4. The molecule has 3 aromatic rings. The highest BCUT2D eigenvalue weighted by Crippen LogP contribution is 2.24. The molecule has 0 radical (unpaired) electrons. The van der Waals surface area contributed by atoms with E-state index in [0.717, 1.165) is 16.9 Å². The van der Waals surface area contributed by atoms with Crippen molar-refractivity contribution in [2.45, 2.75) is 10.6 Å². The van der Waals surface area contributed by atoms with E-state index in [1.54, 1.807) is 7.11 Å². The van der Waals surface area contributed by atoms with Crippen molar-refractivity contribution in [1.82, 2.24) is 0 Å². The van der Waals surface area contributed by atoms with Crippen molar-refractivity contribution in [1.29, 1.82) is 0 Å². The Bertz CT molecular complexity index is 840. The summed E-state index contributed by atoms with van der Waals surface area (Å²) in [6.45, 7) is 0. The van der Waals surface area contributed by atoms with Gasteiger partial charge in [-0.2, -0.15) is 0 Å². The van der Waals surface area contributed by atoms with Crippen molar-refractivity contribution in [3.63, 3.8) is 0 Å². The van der Waals surface area contributed by atoms with E-state index < -0.39 is 0 Å². The molecule has 0 N–H and O–H groups in total.